The molecule has 1 atom stereocenters. The monoisotopic (exact) mass is 399 g/mol. The van der Waals surface area contributed by atoms with Crippen LogP contribution in [0.2, 0.25) is 10.0 Å². The first-order valence-electron chi connectivity index (χ1n) is 5.81. The highest BCUT2D eigenvalue weighted by Crippen LogP contribution is 2.41. The minimum atomic E-state index is 0.432. The summed E-state index contributed by atoms with van der Waals surface area (Å²) >= 11 is 14.6. The molecule has 3 rings (SSSR count). The molecule has 1 saturated heterocycles. The summed E-state index contributed by atoms with van der Waals surface area (Å²) in [5, 5.41) is 0.917. The molecular formula is C11H12Cl2IN3O. The van der Waals surface area contributed by atoms with Gasteiger partial charge in [0.1, 0.15) is 5.02 Å². The van der Waals surface area contributed by atoms with Crippen molar-refractivity contribution in [3.63, 3.8) is 0 Å². The molecule has 1 unspecified atom stereocenters. The Kier molecular flexibility index (Phi) is 3.75. The van der Waals surface area contributed by atoms with Crippen LogP contribution in [0.5, 0.6) is 5.75 Å². The van der Waals surface area contributed by atoms with Gasteiger partial charge in [-0.2, -0.15) is 0 Å². The van der Waals surface area contributed by atoms with Crippen LogP contribution in [0.4, 0.5) is 5.82 Å². The molecule has 18 heavy (non-hydrogen) atoms. The second-order valence-corrected chi connectivity index (χ2v) is 6.58. The zero-order valence-electron chi connectivity index (χ0n) is 9.57. The van der Waals surface area contributed by atoms with E-state index in [4.69, 9.17) is 27.9 Å². The van der Waals surface area contributed by atoms with Crippen molar-refractivity contribution in [3.8, 4) is 5.75 Å². The zero-order chi connectivity index (χ0) is 12.7. The lowest BCUT2D eigenvalue weighted by atomic mass is 10.1. The Morgan fingerprint density at radius 1 is 1.39 bits per heavy atom. The SMILES string of the molecule is Clc1cnc2c(c1Cl)OCCC1CN(I)CCN21. The van der Waals surface area contributed by atoms with Gasteiger partial charge in [0, 0.05) is 61.2 Å². The van der Waals surface area contributed by atoms with Crippen LogP contribution in [0.25, 0.3) is 0 Å². The molecule has 0 amide bonds. The summed E-state index contributed by atoms with van der Waals surface area (Å²) in [6, 6.07) is 0.432. The largest absolute Gasteiger partial charge is 0.488 e. The van der Waals surface area contributed by atoms with E-state index in [1.165, 1.54) is 0 Å². The Labute approximate surface area is 130 Å². The highest BCUT2D eigenvalue weighted by molar-refractivity contribution is 14.1. The Hall–Kier alpha value is 0.0200. The summed E-state index contributed by atoms with van der Waals surface area (Å²) in [4.78, 5) is 6.70. The lowest BCUT2D eigenvalue weighted by Crippen LogP contribution is -2.50. The van der Waals surface area contributed by atoms with Crippen molar-refractivity contribution in [2.75, 3.05) is 31.1 Å². The lowest BCUT2D eigenvalue weighted by molar-refractivity contribution is 0.292. The first-order valence-corrected chi connectivity index (χ1v) is 7.53. The standard InChI is InChI=1S/C11H12Cl2IN3O/c12-8-5-15-11-10(9(8)13)18-4-1-7-6-16(14)2-3-17(7)11/h5,7H,1-4,6H2. The normalized spacial score (nSPS) is 23.9. The van der Waals surface area contributed by atoms with E-state index < -0.39 is 0 Å². The Balaban J connectivity index is 2.02. The van der Waals surface area contributed by atoms with Crippen LogP contribution in [-0.4, -0.2) is 40.4 Å². The maximum Gasteiger partial charge on any atom is 0.181 e. The van der Waals surface area contributed by atoms with E-state index in [0.29, 0.717) is 28.4 Å². The summed E-state index contributed by atoms with van der Waals surface area (Å²) in [7, 11) is 0. The van der Waals surface area contributed by atoms with Crippen molar-refractivity contribution >= 4 is 51.9 Å². The average molecular weight is 400 g/mol. The van der Waals surface area contributed by atoms with Crippen LogP contribution >= 0.6 is 46.1 Å². The molecule has 1 fully saturated rings. The van der Waals surface area contributed by atoms with Gasteiger partial charge >= 0.3 is 0 Å². The van der Waals surface area contributed by atoms with E-state index in [-0.39, 0.29) is 0 Å². The zero-order valence-corrected chi connectivity index (χ0v) is 13.2. The van der Waals surface area contributed by atoms with E-state index in [1.54, 1.807) is 6.20 Å². The molecule has 1 aromatic rings. The number of piperazine rings is 1. The van der Waals surface area contributed by atoms with Gasteiger partial charge in [-0.3, -0.25) is 0 Å². The van der Waals surface area contributed by atoms with Gasteiger partial charge in [-0.25, -0.2) is 8.10 Å². The molecule has 0 N–H and O–H groups in total. The second kappa shape index (κ2) is 5.19. The minimum absolute atomic E-state index is 0.432. The van der Waals surface area contributed by atoms with E-state index >= 15 is 0 Å². The predicted molar refractivity (Wildman–Crippen MR) is 81.1 cm³/mol. The van der Waals surface area contributed by atoms with Crippen molar-refractivity contribution in [2.45, 2.75) is 12.5 Å². The topological polar surface area (TPSA) is 28.6 Å². The van der Waals surface area contributed by atoms with Crippen LogP contribution in [0.1, 0.15) is 6.42 Å². The third-order valence-electron chi connectivity index (χ3n) is 3.31. The number of pyridine rings is 1. The van der Waals surface area contributed by atoms with Crippen molar-refractivity contribution in [1.29, 1.82) is 0 Å². The van der Waals surface area contributed by atoms with Gasteiger partial charge < -0.3 is 9.64 Å². The van der Waals surface area contributed by atoms with E-state index in [9.17, 15) is 0 Å². The van der Waals surface area contributed by atoms with Crippen LogP contribution in [-0.2, 0) is 0 Å². The van der Waals surface area contributed by atoms with Crippen molar-refractivity contribution in [2.24, 2.45) is 0 Å². The third-order valence-corrected chi connectivity index (χ3v) is 4.95. The molecule has 0 radical (unpaired) electrons. The van der Waals surface area contributed by atoms with Gasteiger partial charge in [-0.05, 0) is 0 Å². The van der Waals surface area contributed by atoms with Crippen molar-refractivity contribution in [3.05, 3.63) is 16.2 Å². The van der Waals surface area contributed by atoms with Crippen LogP contribution in [0.3, 0.4) is 0 Å². The maximum atomic E-state index is 6.21. The number of anilines is 1. The molecule has 98 valence electrons. The molecular weight excluding hydrogens is 388 g/mol. The van der Waals surface area contributed by atoms with E-state index in [0.717, 1.165) is 31.9 Å². The molecule has 0 spiro atoms. The molecule has 1 aromatic heterocycles. The highest BCUT2D eigenvalue weighted by atomic mass is 127. The molecule has 2 aliphatic rings. The summed E-state index contributed by atoms with van der Waals surface area (Å²) < 4.78 is 8.05. The molecule has 0 aromatic carbocycles. The molecule has 0 saturated carbocycles. The number of hydrogen-bond donors (Lipinski definition) is 0. The highest BCUT2D eigenvalue weighted by Gasteiger charge is 2.32. The van der Waals surface area contributed by atoms with Crippen LogP contribution in [0, 0.1) is 0 Å². The molecule has 2 aliphatic heterocycles. The number of ether oxygens (including phenoxy) is 1. The summed E-state index contributed by atoms with van der Waals surface area (Å²) in [6.45, 7) is 3.62. The van der Waals surface area contributed by atoms with Crippen molar-refractivity contribution in [1.82, 2.24) is 8.10 Å². The molecule has 3 heterocycles. The number of hydrogen-bond acceptors (Lipinski definition) is 4. The Morgan fingerprint density at radius 3 is 3.06 bits per heavy atom. The average Bonchev–Trinajstić information content (AvgIpc) is 2.53. The number of nitrogens with zero attached hydrogens (tertiary/aromatic N) is 3. The number of aromatic nitrogens is 1. The first kappa shape index (κ1) is 13.0. The van der Waals surface area contributed by atoms with Gasteiger partial charge in [0.2, 0.25) is 0 Å². The lowest BCUT2D eigenvalue weighted by Gasteiger charge is -2.38. The number of rotatable bonds is 0. The smallest absolute Gasteiger partial charge is 0.181 e. The summed E-state index contributed by atoms with van der Waals surface area (Å²) in [5.74, 6) is 1.46. The molecule has 0 bridgehead atoms. The van der Waals surface area contributed by atoms with Gasteiger partial charge in [-0.1, -0.05) is 23.2 Å². The number of fused-ring (bicyclic) bond motifs is 3. The van der Waals surface area contributed by atoms with Crippen LogP contribution in [0.15, 0.2) is 6.20 Å². The Morgan fingerprint density at radius 2 is 2.22 bits per heavy atom. The fraction of sp³-hybridized carbons (Fsp3) is 0.545. The predicted octanol–water partition coefficient (Wildman–Crippen LogP) is 3.01. The first-order chi connectivity index (χ1) is 8.66. The van der Waals surface area contributed by atoms with Gasteiger partial charge in [0.25, 0.3) is 0 Å². The number of halogens is 3. The fourth-order valence-electron chi connectivity index (χ4n) is 2.41. The van der Waals surface area contributed by atoms with Crippen LogP contribution < -0.4 is 9.64 Å². The molecule has 0 aliphatic carbocycles. The molecule has 4 nitrogen and oxygen atoms in total. The van der Waals surface area contributed by atoms with Gasteiger partial charge in [0.05, 0.1) is 11.6 Å². The maximum absolute atomic E-state index is 6.21. The second-order valence-electron chi connectivity index (χ2n) is 4.43. The van der Waals surface area contributed by atoms with E-state index in [2.05, 4.69) is 35.9 Å². The van der Waals surface area contributed by atoms with Gasteiger partial charge in [0.15, 0.2) is 11.6 Å². The minimum Gasteiger partial charge on any atom is -0.488 e. The third kappa shape index (κ3) is 2.26. The summed E-state index contributed by atoms with van der Waals surface area (Å²) in [6.07, 6.45) is 2.58. The Bertz CT molecular complexity index is 474. The molecule has 7 heteroatoms. The summed E-state index contributed by atoms with van der Waals surface area (Å²) in [5.41, 5.74) is 0. The van der Waals surface area contributed by atoms with Gasteiger partial charge in [-0.15, -0.1) is 0 Å². The van der Waals surface area contributed by atoms with E-state index in [1.807, 2.05) is 0 Å². The van der Waals surface area contributed by atoms with Crippen molar-refractivity contribution < 1.29 is 4.74 Å². The fourth-order valence-corrected chi connectivity index (χ4v) is 3.41. The quantitative estimate of drug-likeness (QED) is 0.495.